The van der Waals surface area contributed by atoms with Gasteiger partial charge < -0.3 is 19.5 Å². The third-order valence-corrected chi connectivity index (χ3v) is 5.35. The Hall–Kier alpha value is -2.63. The van der Waals surface area contributed by atoms with Crippen molar-refractivity contribution in [3.8, 4) is 11.8 Å². The zero-order chi connectivity index (χ0) is 24.1. The number of nitrogens with one attached hydrogen (secondary N) is 1. The van der Waals surface area contributed by atoms with E-state index in [-0.39, 0.29) is 41.8 Å². The highest BCUT2D eigenvalue weighted by Crippen LogP contribution is 2.33. The van der Waals surface area contributed by atoms with Gasteiger partial charge in [-0.3, -0.25) is 9.36 Å². The van der Waals surface area contributed by atoms with E-state index >= 15 is 0 Å². The van der Waals surface area contributed by atoms with Crippen LogP contribution in [-0.2, 0) is 16.6 Å². The first-order valence-electron chi connectivity index (χ1n) is 10.6. The van der Waals surface area contributed by atoms with E-state index in [1.807, 2.05) is 0 Å². The Bertz CT molecular complexity index is 963. The third-order valence-electron chi connectivity index (χ3n) is 5.35. The van der Waals surface area contributed by atoms with Gasteiger partial charge >= 0.3 is 0 Å². The molecule has 33 heavy (non-hydrogen) atoms. The summed E-state index contributed by atoms with van der Waals surface area (Å²) in [4.78, 5) is 15.1. The van der Waals surface area contributed by atoms with Gasteiger partial charge in [0.25, 0.3) is 12.4 Å². The van der Waals surface area contributed by atoms with Crippen molar-refractivity contribution in [3.63, 3.8) is 0 Å². The number of halogens is 5. The maximum Gasteiger partial charge on any atom is 0.297 e. The van der Waals surface area contributed by atoms with Crippen LogP contribution in [0.1, 0.15) is 32.6 Å². The molecule has 0 unspecified atom stereocenters. The van der Waals surface area contributed by atoms with Crippen molar-refractivity contribution in [1.29, 1.82) is 0 Å². The van der Waals surface area contributed by atoms with Crippen LogP contribution in [0.25, 0.3) is 11.0 Å². The van der Waals surface area contributed by atoms with E-state index in [4.69, 9.17) is 9.47 Å². The standard InChI is InChI=1S/C21H26F5N3O4/c1-11(30)27-12(8-22)9-31-13-3-5-14(6-4-13)33-21-28-19-15(23)7-16(32-10-17(24)25)18(26)20(19)29(21)2/h7,12-14,17H,3-6,8-10H2,1-2H3,(H,27,30)/t12-,13?,14?/m0/s1. The van der Waals surface area contributed by atoms with Gasteiger partial charge in [-0.25, -0.2) is 22.0 Å². The second kappa shape index (κ2) is 11.0. The fourth-order valence-corrected chi connectivity index (χ4v) is 3.75. The summed E-state index contributed by atoms with van der Waals surface area (Å²) >= 11 is 0. The summed E-state index contributed by atoms with van der Waals surface area (Å²) in [5.74, 6) is -2.88. The molecule has 2 aromatic rings. The molecule has 7 nitrogen and oxygen atoms in total. The lowest BCUT2D eigenvalue weighted by Gasteiger charge is -2.29. The van der Waals surface area contributed by atoms with Crippen LogP contribution in [0.4, 0.5) is 22.0 Å². The van der Waals surface area contributed by atoms with Crippen LogP contribution in [-0.4, -0.2) is 60.0 Å². The van der Waals surface area contributed by atoms with Crippen LogP contribution in [0, 0.1) is 11.6 Å². The number of fused-ring (bicyclic) bond motifs is 1. The molecular weight excluding hydrogens is 453 g/mol. The second-order valence-electron chi connectivity index (χ2n) is 7.92. The van der Waals surface area contributed by atoms with Gasteiger partial charge in [0.05, 0.1) is 18.8 Å². The minimum atomic E-state index is -2.83. The Balaban J connectivity index is 1.61. The van der Waals surface area contributed by atoms with Gasteiger partial charge in [0.1, 0.15) is 30.4 Å². The molecule has 1 fully saturated rings. The lowest BCUT2D eigenvalue weighted by Crippen LogP contribution is -2.40. The maximum absolute atomic E-state index is 14.7. The van der Waals surface area contributed by atoms with Crippen molar-refractivity contribution in [2.75, 3.05) is 19.9 Å². The number of benzene rings is 1. The number of carbonyl (C=O) groups excluding carboxylic acids is 1. The average molecular weight is 479 g/mol. The molecule has 1 aromatic carbocycles. The van der Waals surface area contributed by atoms with Crippen molar-refractivity contribution in [3.05, 3.63) is 17.7 Å². The van der Waals surface area contributed by atoms with Crippen LogP contribution in [0.2, 0.25) is 0 Å². The molecule has 3 rings (SSSR count). The summed E-state index contributed by atoms with van der Waals surface area (Å²) in [6, 6.07) is -0.0254. The van der Waals surface area contributed by atoms with Crippen molar-refractivity contribution < 1.29 is 41.0 Å². The molecule has 1 amide bonds. The molecule has 0 radical (unpaired) electrons. The van der Waals surface area contributed by atoms with Crippen LogP contribution in [0.3, 0.4) is 0 Å². The molecule has 0 saturated heterocycles. The zero-order valence-electron chi connectivity index (χ0n) is 18.3. The molecule has 0 bridgehead atoms. The molecular formula is C21H26F5N3O4. The highest BCUT2D eigenvalue weighted by Gasteiger charge is 2.27. The van der Waals surface area contributed by atoms with E-state index in [0.717, 1.165) is 0 Å². The van der Waals surface area contributed by atoms with E-state index in [1.165, 1.54) is 18.5 Å². The molecule has 1 heterocycles. The average Bonchev–Trinajstić information content (AvgIpc) is 3.10. The highest BCUT2D eigenvalue weighted by molar-refractivity contribution is 5.80. The van der Waals surface area contributed by atoms with Gasteiger partial charge in [-0.2, -0.15) is 4.98 Å². The number of aromatic nitrogens is 2. The minimum Gasteiger partial charge on any atom is -0.484 e. The lowest BCUT2D eigenvalue weighted by molar-refractivity contribution is -0.120. The van der Waals surface area contributed by atoms with E-state index < -0.39 is 43.1 Å². The largest absolute Gasteiger partial charge is 0.484 e. The van der Waals surface area contributed by atoms with Crippen molar-refractivity contribution >= 4 is 16.9 Å². The fourth-order valence-electron chi connectivity index (χ4n) is 3.75. The second-order valence-corrected chi connectivity index (χ2v) is 7.92. The topological polar surface area (TPSA) is 74.6 Å². The van der Waals surface area contributed by atoms with E-state index in [1.54, 1.807) is 0 Å². The summed E-state index contributed by atoms with van der Waals surface area (Å²) in [6.07, 6.45) is -0.875. The first-order chi connectivity index (χ1) is 15.7. The van der Waals surface area contributed by atoms with E-state index in [0.29, 0.717) is 31.7 Å². The Kier molecular flexibility index (Phi) is 8.33. The molecule has 1 aromatic heterocycles. The Morgan fingerprint density at radius 2 is 1.88 bits per heavy atom. The van der Waals surface area contributed by atoms with Gasteiger partial charge in [0.15, 0.2) is 17.4 Å². The SMILES string of the molecule is CC(=O)N[C@@H](CF)COC1CCC(Oc2nc3c(F)cc(OCC(F)F)c(F)c3n2C)CC1. The molecule has 1 N–H and O–H groups in total. The molecule has 12 heteroatoms. The monoisotopic (exact) mass is 479 g/mol. The number of amides is 1. The van der Waals surface area contributed by atoms with Gasteiger partial charge in [-0.1, -0.05) is 0 Å². The Morgan fingerprint density at radius 3 is 2.48 bits per heavy atom. The van der Waals surface area contributed by atoms with Gasteiger partial charge in [-0.05, 0) is 25.7 Å². The summed E-state index contributed by atoms with van der Waals surface area (Å²) in [5, 5.41) is 2.47. The number of nitrogens with zero attached hydrogens (tertiary/aromatic N) is 2. The molecule has 1 atom stereocenters. The number of aryl methyl sites for hydroxylation is 1. The Morgan fingerprint density at radius 1 is 1.21 bits per heavy atom. The predicted octanol–water partition coefficient (Wildman–Crippen LogP) is 3.68. The van der Waals surface area contributed by atoms with Crippen molar-refractivity contribution in [2.45, 2.75) is 57.3 Å². The van der Waals surface area contributed by atoms with Crippen LogP contribution < -0.4 is 14.8 Å². The molecule has 0 aliphatic heterocycles. The number of rotatable bonds is 10. The quantitative estimate of drug-likeness (QED) is 0.527. The molecule has 1 saturated carbocycles. The normalized spacial score (nSPS) is 19.6. The first-order valence-corrected chi connectivity index (χ1v) is 10.6. The number of ether oxygens (including phenoxy) is 3. The smallest absolute Gasteiger partial charge is 0.297 e. The van der Waals surface area contributed by atoms with E-state index in [2.05, 4.69) is 15.0 Å². The minimum absolute atomic E-state index is 0.0127. The lowest BCUT2D eigenvalue weighted by atomic mass is 9.95. The number of alkyl halides is 3. The number of hydrogen-bond donors (Lipinski definition) is 1. The highest BCUT2D eigenvalue weighted by atomic mass is 19.3. The first kappa shape index (κ1) is 25.0. The van der Waals surface area contributed by atoms with Crippen LogP contribution >= 0.6 is 0 Å². The van der Waals surface area contributed by atoms with Gasteiger partial charge in [0, 0.05) is 20.0 Å². The molecule has 184 valence electrons. The summed E-state index contributed by atoms with van der Waals surface area (Å²) in [5.41, 5.74) is -0.539. The summed E-state index contributed by atoms with van der Waals surface area (Å²) < 4.78 is 84.3. The zero-order valence-corrected chi connectivity index (χ0v) is 18.3. The predicted molar refractivity (Wildman–Crippen MR) is 108 cm³/mol. The maximum atomic E-state index is 14.7. The van der Waals surface area contributed by atoms with Crippen molar-refractivity contribution in [2.24, 2.45) is 7.05 Å². The summed E-state index contributed by atoms with van der Waals surface area (Å²) in [6.45, 7) is -0.426. The Labute approximate surface area is 187 Å². The third kappa shape index (κ3) is 6.24. The van der Waals surface area contributed by atoms with Crippen LogP contribution in [0.15, 0.2) is 6.07 Å². The number of carbonyl (C=O) groups is 1. The van der Waals surface area contributed by atoms with Crippen molar-refractivity contribution in [1.82, 2.24) is 14.9 Å². The molecule has 1 aliphatic carbocycles. The molecule has 0 spiro atoms. The molecule has 1 aliphatic rings. The van der Waals surface area contributed by atoms with Crippen LogP contribution in [0.5, 0.6) is 11.8 Å². The van der Waals surface area contributed by atoms with Gasteiger partial charge in [0.2, 0.25) is 5.91 Å². The van der Waals surface area contributed by atoms with Gasteiger partial charge in [-0.15, -0.1) is 0 Å². The number of hydrogen-bond acceptors (Lipinski definition) is 5. The van der Waals surface area contributed by atoms with E-state index in [9.17, 15) is 26.7 Å². The number of imidazole rings is 1. The fraction of sp³-hybridized carbons (Fsp3) is 0.619. The summed E-state index contributed by atoms with van der Waals surface area (Å²) in [7, 11) is 1.43.